The summed E-state index contributed by atoms with van der Waals surface area (Å²) in [5.41, 5.74) is 10.8. The van der Waals surface area contributed by atoms with E-state index in [1.807, 2.05) is 0 Å². The van der Waals surface area contributed by atoms with Gasteiger partial charge in [0.1, 0.15) is 0 Å². The van der Waals surface area contributed by atoms with Crippen molar-refractivity contribution in [3.05, 3.63) is 28.8 Å². The molecule has 0 saturated heterocycles. The molecule has 0 fully saturated rings. The average Bonchev–Trinajstić information content (AvgIpc) is 2.07. The van der Waals surface area contributed by atoms with Crippen LogP contribution in [-0.2, 0) is 13.0 Å². The van der Waals surface area contributed by atoms with Gasteiger partial charge in [-0.2, -0.15) is 0 Å². The van der Waals surface area contributed by atoms with Gasteiger partial charge in [0.2, 0.25) is 0 Å². The van der Waals surface area contributed by atoms with Crippen molar-refractivity contribution in [2.24, 2.45) is 0 Å². The highest BCUT2D eigenvalue weighted by Crippen LogP contribution is 2.20. The molecular weight excluding hydrogens is 148 g/mol. The number of rotatable bonds is 0. The number of aryl methyl sites for hydroxylation is 1. The van der Waals surface area contributed by atoms with E-state index in [4.69, 9.17) is 5.73 Å². The van der Waals surface area contributed by atoms with E-state index in [0.29, 0.717) is 0 Å². The van der Waals surface area contributed by atoms with Gasteiger partial charge in [-0.3, -0.25) is 0 Å². The molecule has 0 aliphatic carbocycles. The summed E-state index contributed by atoms with van der Waals surface area (Å²) in [7, 11) is 0. The molecule has 0 atom stereocenters. The van der Waals surface area contributed by atoms with Crippen LogP contribution in [0.1, 0.15) is 16.7 Å². The Labute approximate surface area is 72.8 Å². The Bertz CT molecular complexity index is 274. The lowest BCUT2D eigenvalue weighted by Gasteiger charge is -2.18. The molecule has 0 spiro atoms. The molecule has 1 aliphatic heterocycles. The van der Waals surface area contributed by atoms with Gasteiger partial charge in [-0.25, -0.2) is 0 Å². The van der Waals surface area contributed by atoms with Crippen molar-refractivity contribution in [2.75, 3.05) is 12.3 Å². The van der Waals surface area contributed by atoms with Crippen LogP contribution in [0, 0.1) is 6.92 Å². The largest absolute Gasteiger partial charge is 0.399 e. The van der Waals surface area contributed by atoms with E-state index < -0.39 is 0 Å². The molecule has 0 amide bonds. The molecule has 2 heteroatoms. The molecule has 2 rings (SSSR count). The van der Waals surface area contributed by atoms with Crippen LogP contribution >= 0.6 is 0 Å². The van der Waals surface area contributed by atoms with Crippen molar-refractivity contribution >= 4 is 5.69 Å². The monoisotopic (exact) mass is 162 g/mol. The highest BCUT2D eigenvalue weighted by Gasteiger charge is 2.09. The fourth-order valence-electron chi connectivity index (χ4n) is 1.68. The highest BCUT2D eigenvalue weighted by atomic mass is 14.9. The van der Waals surface area contributed by atoms with Gasteiger partial charge in [-0.1, -0.05) is 6.07 Å². The zero-order valence-electron chi connectivity index (χ0n) is 7.35. The standard InChI is InChI=1S/C10H14N2/c1-7-4-8-2-3-12-6-9(8)5-10(7)11/h4-5,12H,2-3,6,11H2,1H3. The fraction of sp³-hybridized carbons (Fsp3) is 0.400. The second kappa shape index (κ2) is 2.79. The quantitative estimate of drug-likeness (QED) is 0.563. The predicted octanol–water partition coefficient (Wildman–Crippen LogP) is 1.22. The number of benzene rings is 1. The molecule has 1 aromatic rings. The molecule has 0 aromatic heterocycles. The lowest BCUT2D eigenvalue weighted by molar-refractivity contribution is 0.643. The Morgan fingerprint density at radius 3 is 3.00 bits per heavy atom. The molecular formula is C10H14N2. The Morgan fingerprint density at radius 1 is 1.33 bits per heavy atom. The topological polar surface area (TPSA) is 38.0 Å². The lowest BCUT2D eigenvalue weighted by atomic mass is 9.98. The number of nitrogen functional groups attached to an aromatic ring is 1. The van der Waals surface area contributed by atoms with Gasteiger partial charge >= 0.3 is 0 Å². The minimum Gasteiger partial charge on any atom is -0.399 e. The molecule has 1 heterocycles. The minimum absolute atomic E-state index is 0.914. The van der Waals surface area contributed by atoms with E-state index in [-0.39, 0.29) is 0 Å². The van der Waals surface area contributed by atoms with Crippen LogP contribution in [0.15, 0.2) is 12.1 Å². The van der Waals surface area contributed by atoms with Gasteiger partial charge in [0.25, 0.3) is 0 Å². The van der Waals surface area contributed by atoms with Crippen molar-refractivity contribution in [3.63, 3.8) is 0 Å². The van der Waals surface area contributed by atoms with Gasteiger partial charge in [0, 0.05) is 12.2 Å². The number of nitrogens with one attached hydrogen (secondary N) is 1. The van der Waals surface area contributed by atoms with E-state index >= 15 is 0 Å². The molecule has 0 radical (unpaired) electrons. The molecule has 0 unspecified atom stereocenters. The average molecular weight is 162 g/mol. The van der Waals surface area contributed by atoms with Crippen LogP contribution in [-0.4, -0.2) is 6.54 Å². The van der Waals surface area contributed by atoms with Crippen molar-refractivity contribution in [2.45, 2.75) is 19.9 Å². The Balaban J connectivity index is 2.49. The van der Waals surface area contributed by atoms with Crippen molar-refractivity contribution in [1.29, 1.82) is 0 Å². The van der Waals surface area contributed by atoms with Crippen molar-refractivity contribution in [3.8, 4) is 0 Å². The van der Waals surface area contributed by atoms with E-state index in [1.54, 1.807) is 0 Å². The maximum Gasteiger partial charge on any atom is 0.0347 e. The van der Waals surface area contributed by atoms with Crippen molar-refractivity contribution in [1.82, 2.24) is 5.32 Å². The minimum atomic E-state index is 0.914. The third-order valence-electron chi connectivity index (χ3n) is 2.47. The third-order valence-corrected chi connectivity index (χ3v) is 2.47. The van der Waals surface area contributed by atoms with E-state index in [2.05, 4.69) is 24.4 Å². The van der Waals surface area contributed by atoms with Gasteiger partial charge in [-0.15, -0.1) is 0 Å². The number of nitrogens with two attached hydrogens (primary N) is 1. The van der Waals surface area contributed by atoms with Gasteiger partial charge < -0.3 is 11.1 Å². The van der Waals surface area contributed by atoms with E-state index in [0.717, 1.165) is 25.2 Å². The first-order valence-electron chi connectivity index (χ1n) is 4.36. The van der Waals surface area contributed by atoms with Crippen LogP contribution in [0.3, 0.4) is 0 Å². The number of anilines is 1. The molecule has 1 aliphatic rings. The van der Waals surface area contributed by atoms with Gasteiger partial charge in [-0.05, 0) is 42.6 Å². The predicted molar refractivity (Wildman–Crippen MR) is 51.0 cm³/mol. The summed E-state index contributed by atoms with van der Waals surface area (Å²) in [4.78, 5) is 0. The molecule has 3 N–H and O–H groups in total. The first-order valence-corrected chi connectivity index (χ1v) is 4.36. The lowest BCUT2D eigenvalue weighted by Crippen LogP contribution is -2.23. The Morgan fingerprint density at radius 2 is 2.17 bits per heavy atom. The Hall–Kier alpha value is -1.02. The van der Waals surface area contributed by atoms with Crippen LogP contribution in [0.2, 0.25) is 0 Å². The summed E-state index contributed by atoms with van der Waals surface area (Å²) in [6.07, 6.45) is 1.14. The maximum atomic E-state index is 5.82. The number of hydrogen-bond donors (Lipinski definition) is 2. The zero-order chi connectivity index (χ0) is 8.55. The van der Waals surface area contributed by atoms with Crippen LogP contribution in [0.25, 0.3) is 0 Å². The van der Waals surface area contributed by atoms with Crippen molar-refractivity contribution < 1.29 is 0 Å². The summed E-state index contributed by atoms with van der Waals surface area (Å²) in [6, 6.07) is 4.31. The summed E-state index contributed by atoms with van der Waals surface area (Å²) in [5, 5.41) is 3.33. The number of hydrogen-bond acceptors (Lipinski definition) is 2. The SMILES string of the molecule is Cc1cc2c(cc1N)CNCC2. The Kier molecular flexibility index (Phi) is 1.77. The summed E-state index contributed by atoms with van der Waals surface area (Å²) in [6.45, 7) is 4.13. The second-order valence-electron chi connectivity index (χ2n) is 3.40. The molecule has 1 aromatic carbocycles. The van der Waals surface area contributed by atoms with E-state index in [1.165, 1.54) is 16.7 Å². The normalized spacial score (nSPS) is 15.8. The number of fused-ring (bicyclic) bond motifs is 1. The van der Waals surface area contributed by atoms with E-state index in [9.17, 15) is 0 Å². The van der Waals surface area contributed by atoms with Gasteiger partial charge in [0.05, 0.1) is 0 Å². The van der Waals surface area contributed by atoms with Crippen LogP contribution < -0.4 is 11.1 Å². The van der Waals surface area contributed by atoms with Crippen LogP contribution in [0.4, 0.5) is 5.69 Å². The molecule has 64 valence electrons. The third kappa shape index (κ3) is 1.18. The zero-order valence-corrected chi connectivity index (χ0v) is 7.35. The van der Waals surface area contributed by atoms with Gasteiger partial charge in [0.15, 0.2) is 0 Å². The summed E-state index contributed by atoms with van der Waals surface area (Å²) in [5.74, 6) is 0. The second-order valence-corrected chi connectivity index (χ2v) is 3.40. The first-order chi connectivity index (χ1) is 5.77. The maximum absolute atomic E-state index is 5.82. The summed E-state index contributed by atoms with van der Waals surface area (Å²) >= 11 is 0. The molecule has 12 heavy (non-hydrogen) atoms. The van der Waals surface area contributed by atoms with Crippen LogP contribution in [0.5, 0.6) is 0 Å². The summed E-state index contributed by atoms with van der Waals surface area (Å²) < 4.78 is 0. The molecule has 2 nitrogen and oxygen atoms in total. The molecule has 0 saturated carbocycles. The first kappa shape index (κ1) is 7.62. The molecule has 0 bridgehead atoms. The highest BCUT2D eigenvalue weighted by molar-refractivity contribution is 5.52. The smallest absolute Gasteiger partial charge is 0.0347 e. The fourth-order valence-corrected chi connectivity index (χ4v) is 1.68.